The zero-order valence-corrected chi connectivity index (χ0v) is 7.55. The Morgan fingerprint density at radius 2 is 0.750 bits per heavy atom. The van der Waals surface area contributed by atoms with Crippen molar-refractivity contribution in [1.29, 1.82) is 0 Å². The Morgan fingerprint density at radius 3 is 0.875 bits per heavy atom. The van der Waals surface area contributed by atoms with Crippen LogP contribution in [0, 0.1) is 0 Å². The van der Waals surface area contributed by atoms with E-state index >= 15 is 0 Å². The molecule has 0 saturated heterocycles. The van der Waals surface area contributed by atoms with Gasteiger partial charge < -0.3 is 0 Å². The molecule has 0 N–H and O–H groups in total. The van der Waals surface area contributed by atoms with Gasteiger partial charge in [-0.05, 0) is 0 Å². The Balaban J connectivity index is 0.000000222. The fourth-order valence-electron chi connectivity index (χ4n) is 0.385. The number of hydrogen-bond acceptors (Lipinski definition) is 1. The van der Waals surface area contributed by atoms with Crippen molar-refractivity contribution in [3.63, 3.8) is 0 Å². The molecule has 0 radical (unpaired) electrons. The first kappa shape index (κ1) is 7.66. The van der Waals surface area contributed by atoms with E-state index in [-0.39, 0.29) is 18.6 Å². The summed E-state index contributed by atoms with van der Waals surface area (Å²) in [6.45, 7) is 0. The first-order valence-corrected chi connectivity index (χ1v) is 3.50. The molecular weight excluding hydrogens is 158 g/mol. The molecular formula is C6H7GaO. The molecule has 1 nitrogen and oxygen atoms in total. The second kappa shape index (κ2) is 6.66. The second-order valence-corrected chi connectivity index (χ2v) is 1.15. The van der Waals surface area contributed by atoms with E-state index in [1.54, 1.807) is 0 Å². The molecule has 0 aliphatic rings. The zero-order valence-electron chi connectivity index (χ0n) is 4.58. The number of hydrogen-bond donors (Lipinski definition) is 0. The summed E-state index contributed by atoms with van der Waals surface area (Å²) >= 11 is 0.125. The summed E-state index contributed by atoms with van der Waals surface area (Å²) in [7, 11) is 0. The summed E-state index contributed by atoms with van der Waals surface area (Å²) in [5.41, 5.74) is 0. The summed E-state index contributed by atoms with van der Waals surface area (Å²) in [5, 5.41) is 0. The molecule has 0 fully saturated rings. The fourth-order valence-corrected chi connectivity index (χ4v) is 0.385. The molecule has 8 heavy (non-hydrogen) atoms. The molecule has 0 aromatic heterocycles. The third-order valence-electron chi connectivity index (χ3n) is 0.667. The van der Waals surface area contributed by atoms with Crippen LogP contribution in [0.2, 0.25) is 0 Å². The van der Waals surface area contributed by atoms with Crippen LogP contribution in [0.4, 0.5) is 0 Å². The SMILES string of the molecule is [O]=[GaH].c1ccccc1. The average Bonchev–Trinajstić information content (AvgIpc) is 1.96. The van der Waals surface area contributed by atoms with Crippen LogP contribution in [-0.2, 0) is 3.54 Å². The van der Waals surface area contributed by atoms with Gasteiger partial charge in [-0.1, -0.05) is 36.4 Å². The number of benzene rings is 1. The Labute approximate surface area is 58.9 Å². The van der Waals surface area contributed by atoms with Gasteiger partial charge in [0.25, 0.3) is 0 Å². The van der Waals surface area contributed by atoms with Crippen molar-refractivity contribution in [2.24, 2.45) is 0 Å². The van der Waals surface area contributed by atoms with E-state index in [1.807, 2.05) is 36.4 Å². The van der Waals surface area contributed by atoms with Crippen molar-refractivity contribution in [2.45, 2.75) is 0 Å². The maximum Gasteiger partial charge on any atom is -0.0623 e. The van der Waals surface area contributed by atoms with E-state index in [4.69, 9.17) is 3.54 Å². The monoisotopic (exact) mass is 164 g/mol. The predicted octanol–water partition coefficient (Wildman–Crippen LogP) is 0.919. The van der Waals surface area contributed by atoms with Crippen LogP contribution in [0.3, 0.4) is 0 Å². The van der Waals surface area contributed by atoms with Crippen molar-refractivity contribution < 1.29 is 3.54 Å². The van der Waals surface area contributed by atoms with Gasteiger partial charge in [-0.15, -0.1) is 0 Å². The molecule has 0 aliphatic heterocycles. The van der Waals surface area contributed by atoms with Crippen molar-refractivity contribution in [1.82, 2.24) is 0 Å². The molecule has 0 atom stereocenters. The topological polar surface area (TPSA) is 17.1 Å². The Hall–Kier alpha value is -0.344. The van der Waals surface area contributed by atoms with E-state index in [2.05, 4.69) is 0 Å². The zero-order chi connectivity index (χ0) is 6.24. The summed E-state index contributed by atoms with van der Waals surface area (Å²) in [5.74, 6) is 0. The first-order valence-electron chi connectivity index (χ1n) is 2.29. The maximum absolute atomic E-state index is 8.38. The van der Waals surface area contributed by atoms with Gasteiger partial charge in [-0.2, -0.15) is 0 Å². The van der Waals surface area contributed by atoms with Crippen LogP contribution in [0.1, 0.15) is 0 Å². The van der Waals surface area contributed by atoms with Gasteiger partial charge in [0.05, 0.1) is 0 Å². The van der Waals surface area contributed by atoms with Crippen LogP contribution < -0.4 is 0 Å². The van der Waals surface area contributed by atoms with E-state index in [0.717, 1.165) is 0 Å². The van der Waals surface area contributed by atoms with Crippen molar-refractivity contribution >= 4 is 18.6 Å². The Morgan fingerprint density at radius 1 is 0.625 bits per heavy atom. The van der Waals surface area contributed by atoms with Crippen LogP contribution in [-0.4, -0.2) is 18.6 Å². The fraction of sp³-hybridized carbons (Fsp3) is 0. The first-order chi connectivity index (χ1) is 4.00. The molecule has 1 rings (SSSR count). The van der Waals surface area contributed by atoms with Crippen LogP contribution in [0.5, 0.6) is 0 Å². The van der Waals surface area contributed by atoms with Gasteiger partial charge in [0, 0.05) is 0 Å². The van der Waals surface area contributed by atoms with Gasteiger partial charge >= 0.3 is 22.1 Å². The summed E-state index contributed by atoms with van der Waals surface area (Å²) in [4.78, 5) is 0. The van der Waals surface area contributed by atoms with Gasteiger partial charge in [0.2, 0.25) is 0 Å². The van der Waals surface area contributed by atoms with Gasteiger partial charge in [-0.3, -0.25) is 0 Å². The number of rotatable bonds is 0. The third-order valence-corrected chi connectivity index (χ3v) is 0.667. The van der Waals surface area contributed by atoms with Gasteiger partial charge in [0.15, 0.2) is 0 Å². The molecule has 2 heteroatoms. The largest absolute Gasteiger partial charge is 0.0623 e. The van der Waals surface area contributed by atoms with Gasteiger partial charge in [-0.25, -0.2) is 0 Å². The third kappa shape index (κ3) is 3.83. The van der Waals surface area contributed by atoms with Crippen LogP contribution in [0.25, 0.3) is 0 Å². The average molecular weight is 165 g/mol. The summed E-state index contributed by atoms with van der Waals surface area (Å²) in [6.07, 6.45) is 0. The second-order valence-electron chi connectivity index (χ2n) is 1.15. The van der Waals surface area contributed by atoms with E-state index < -0.39 is 0 Å². The van der Waals surface area contributed by atoms with E-state index in [9.17, 15) is 0 Å². The molecule has 0 amide bonds. The molecule has 0 aliphatic carbocycles. The van der Waals surface area contributed by atoms with Crippen LogP contribution in [0.15, 0.2) is 36.4 Å². The maximum atomic E-state index is 8.38. The quantitative estimate of drug-likeness (QED) is 0.522. The minimum absolute atomic E-state index is 0.125. The minimum atomic E-state index is 0.125. The Kier molecular flexibility index (Phi) is 6.37. The molecule has 1 aromatic carbocycles. The molecule has 1 aromatic rings. The van der Waals surface area contributed by atoms with E-state index in [1.165, 1.54) is 0 Å². The molecule has 0 bridgehead atoms. The minimum Gasteiger partial charge on any atom is -0.0623 e. The molecule has 0 heterocycles. The molecule has 0 saturated carbocycles. The molecule has 40 valence electrons. The molecule has 0 unspecified atom stereocenters. The standard InChI is InChI=1S/C6H6.Ga.O.H/c1-2-4-6-5-3-1;;;/h1-6H;;;. The van der Waals surface area contributed by atoms with Crippen molar-refractivity contribution in [3.05, 3.63) is 36.4 Å². The van der Waals surface area contributed by atoms with E-state index in [0.29, 0.717) is 0 Å². The Bertz CT molecular complexity index is 91.4. The van der Waals surface area contributed by atoms with Crippen molar-refractivity contribution in [2.75, 3.05) is 0 Å². The smallest absolute Gasteiger partial charge is 0.0623 e. The molecule has 0 spiro atoms. The normalized spacial score (nSPS) is 6.38. The predicted molar refractivity (Wildman–Crippen MR) is 34.3 cm³/mol. The van der Waals surface area contributed by atoms with Gasteiger partial charge in [0.1, 0.15) is 0 Å². The summed E-state index contributed by atoms with van der Waals surface area (Å²) < 4.78 is 8.38. The van der Waals surface area contributed by atoms with Crippen molar-refractivity contribution in [3.8, 4) is 0 Å². The van der Waals surface area contributed by atoms with Crippen LogP contribution >= 0.6 is 0 Å². The summed E-state index contributed by atoms with van der Waals surface area (Å²) in [6, 6.07) is 12.0.